The van der Waals surface area contributed by atoms with E-state index in [1.165, 1.54) is 14.7 Å². The minimum Gasteiger partial charge on any atom is -0.370 e. The molecule has 5 aliphatic heterocycles. The van der Waals surface area contributed by atoms with Gasteiger partial charge >= 0.3 is 13.3 Å². The predicted molar refractivity (Wildman–Crippen MR) is 307 cm³/mol. The number of carbonyl (C=O) groups excluding carboxylic acids is 10. The summed E-state index contributed by atoms with van der Waals surface area (Å²) >= 11 is 0. The molecule has 0 spiro atoms. The number of carbonyl (C=O) groups is 10. The summed E-state index contributed by atoms with van der Waals surface area (Å²) in [7, 11) is -5.96. The number of benzene rings is 4. The zero-order valence-electron chi connectivity index (χ0n) is 46.9. The van der Waals surface area contributed by atoms with Crippen molar-refractivity contribution >= 4 is 77.6 Å². The third kappa shape index (κ3) is 13.3. The van der Waals surface area contributed by atoms with Crippen molar-refractivity contribution in [2.45, 2.75) is 113 Å². The summed E-state index contributed by atoms with van der Waals surface area (Å²) in [4.78, 5) is 164. The number of primary amides is 1. The SMILES string of the molecule is NC(=O)CC[C@H](NC(=O)[C@@H]1CC[C@@H]2CCN(C(=O)CC(=O)N3CCC(C#Cc4cccc5c4CN(C4CCC(=O)NC4=O)C5=O)CC3)C[C@H](NC(=O)c3cc4cc(C(F)(F)P(=O)(O)O)ccc4[nH]3)C(=O)N21)C(=O)NC(c1ccccc1)c1ccccc1. The molecule has 0 radical (unpaired) electrons. The Hall–Kier alpha value is -9.11. The number of nitrogens with two attached hydrogens (primary N) is 1. The number of rotatable bonds is 16. The fraction of sp³-hybridized carbons (Fsp3) is 0.377. The van der Waals surface area contributed by atoms with Crippen LogP contribution in [0.15, 0.2) is 103 Å². The Morgan fingerprint density at radius 3 is 2.14 bits per heavy atom. The van der Waals surface area contributed by atoms with E-state index in [9.17, 15) is 66.3 Å². The van der Waals surface area contributed by atoms with Crippen LogP contribution in [0.1, 0.15) is 119 Å². The van der Waals surface area contributed by atoms with Gasteiger partial charge < -0.3 is 56.1 Å². The van der Waals surface area contributed by atoms with Crippen molar-refractivity contribution in [3.8, 4) is 11.8 Å². The van der Waals surface area contributed by atoms with Crippen LogP contribution in [0.2, 0.25) is 0 Å². The van der Waals surface area contributed by atoms with Gasteiger partial charge in [-0.25, -0.2) is 0 Å². The van der Waals surface area contributed by atoms with E-state index in [4.69, 9.17) is 5.73 Å². The monoisotopic (exact) mass is 1210 g/mol. The van der Waals surface area contributed by atoms with Crippen molar-refractivity contribution in [3.63, 3.8) is 0 Å². The highest BCUT2D eigenvalue weighted by Gasteiger charge is 2.51. The number of piperidine rings is 2. The van der Waals surface area contributed by atoms with Crippen LogP contribution in [0.4, 0.5) is 8.78 Å². The van der Waals surface area contributed by atoms with Crippen LogP contribution < -0.4 is 27.0 Å². The minimum atomic E-state index is -5.96. The third-order valence-electron chi connectivity index (χ3n) is 16.7. The molecule has 4 fully saturated rings. The molecule has 10 rings (SSSR count). The summed E-state index contributed by atoms with van der Waals surface area (Å²) in [5.74, 6) is 0.0326. The molecule has 26 heteroatoms. The topological polar surface area (TPSA) is 331 Å². The number of fused-ring (bicyclic) bond motifs is 3. The maximum absolute atomic E-state index is 15.1. The van der Waals surface area contributed by atoms with Crippen LogP contribution in [-0.4, -0.2) is 150 Å². The quantitative estimate of drug-likeness (QED) is 0.0305. The standard InChI is InChI=1S/C61H63F2N10O13P/c62-61(63,87(84,85)86)40-16-18-44-39(30-40)31-46(65-44)56(79)67-47-34-71(53(77)32-52(76)70-27-24-35(25-28-70)14-15-36-12-7-13-42-43(36)33-72(59(42)82)48-21-23-51(75)68-57(48)80)29-26-41-17-20-49(73(41)60(47)83)58(81)66-45(19-22-50(64)74)55(78)69-54(37-8-3-1-4-9-37)38-10-5-2-6-11-38/h1-13,16,18,30-31,35,41,45,47-49,54,65H,17,19-29,32-34H2,(H2,64,74)(H,66,81)(H,67,79)(H,69,78)(H,68,75,80)(H2,84,85,86)/t41-,45+,47+,48?,49+/m1/s1. The Balaban J connectivity index is 0.840. The second-order valence-electron chi connectivity index (χ2n) is 22.4. The van der Waals surface area contributed by atoms with E-state index in [1.807, 2.05) is 36.4 Å². The number of aromatic nitrogens is 1. The van der Waals surface area contributed by atoms with Gasteiger partial charge in [-0.15, -0.1) is 0 Å². The molecule has 5 aromatic rings. The second-order valence-corrected chi connectivity index (χ2v) is 24.0. The number of alkyl halides is 2. The Kier molecular flexibility index (Phi) is 17.8. The number of aromatic amines is 1. The zero-order valence-corrected chi connectivity index (χ0v) is 47.8. The maximum Gasteiger partial charge on any atom is 0.399 e. The molecule has 23 nitrogen and oxygen atoms in total. The molecular formula is C61H63F2N10O13P. The van der Waals surface area contributed by atoms with Gasteiger partial charge in [0.25, 0.3) is 11.8 Å². The van der Waals surface area contributed by atoms with Gasteiger partial charge in [0.1, 0.15) is 36.3 Å². The molecule has 6 heterocycles. The molecule has 0 saturated carbocycles. The molecule has 9 N–H and O–H groups in total. The van der Waals surface area contributed by atoms with Crippen molar-refractivity contribution in [1.29, 1.82) is 0 Å². The minimum absolute atomic E-state index is 0.0358. The van der Waals surface area contributed by atoms with Crippen LogP contribution in [0.25, 0.3) is 10.9 Å². The Morgan fingerprint density at radius 2 is 1.47 bits per heavy atom. The molecule has 0 aliphatic carbocycles. The third-order valence-corrected chi connectivity index (χ3v) is 17.7. The lowest BCUT2D eigenvalue weighted by Gasteiger charge is -2.39. The van der Waals surface area contributed by atoms with E-state index >= 15 is 4.79 Å². The second kappa shape index (κ2) is 25.5. The summed E-state index contributed by atoms with van der Waals surface area (Å²) in [5.41, 5.74) is 2.97. The van der Waals surface area contributed by atoms with Gasteiger partial charge in [-0.1, -0.05) is 84.6 Å². The number of imide groups is 1. The molecule has 10 amide bonds. The van der Waals surface area contributed by atoms with Crippen LogP contribution >= 0.6 is 7.60 Å². The van der Waals surface area contributed by atoms with Crippen LogP contribution in [0, 0.1) is 17.8 Å². The van der Waals surface area contributed by atoms with Crippen molar-refractivity contribution in [1.82, 2.24) is 45.9 Å². The highest BCUT2D eigenvalue weighted by atomic mass is 31.2. The summed E-state index contributed by atoms with van der Waals surface area (Å²) in [5, 5.41) is 10.7. The number of nitrogens with zero attached hydrogens (tertiary/aromatic N) is 4. The molecule has 4 saturated heterocycles. The first-order valence-electron chi connectivity index (χ1n) is 28.6. The fourth-order valence-corrected chi connectivity index (χ4v) is 12.5. The lowest BCUT2D eigenvalue weighted by atomic mass is 9.96. The van der Waals surface area contributed by atoms with Crippen LogP contribution in [0.3, 0.4) is 0 Å². The van der Waals surface area contributed by atoms with Gasteiger partial charge in [0.05, 0.1) is 6.04 Å². The van der Waals surface area contributed by atoms with Gasteiger partial charge in [-0.3, -0.25) is 57.8 Å². The van der Waals surface area contributed by atoms with Crippen LogP contribution in [0.5, 0.6) is 0 Å². The number of likely N-dealkylation sites (tertiary alicyclic amines) is 1. The van der Waals surface area contributed by atoms with Crippen molar-refractivity contribution < 1.29 is 71.1 Å². The molecule has 4 aromatic carbocycles. The van der Waals surface area contributed by atoms with Crippen molar-refractivity contribution in [3.05, 3.63) is 142 Å². The van der Waals surface area contributed by atoms with Crippen molar-refractivity contribution in [2.24, 2.45) is 11.7 Å². The zero-order chi connectivity index (χ0) is 61.9. The van der Waals surface area contributed by atoms with Crippen molar-refractivity contribution in [2.75, 3.05) is 26.2 Å². The van der Waals surface area contributed by atoms with E-state index in [2.05, 4.69) is 38.1 Å². The highest BCUT2D eigenvalue weighted by Crippen LogP contribution is 2.59. The molecule has 87 heavy (non-hydrogen) atoms. The van der Waals surface area contributed by atoms with Gasteiger partial charge in [0.2, 0.25) is 47.3 Å². The Labute approximate surface area is 497 Å². The van der Waals surface area contributed by atoms with E-state index in [0.29, 0.717) is 29.5 Å². The molecule has 1 aromatic heterocycles. The average molecular weight is 1210 g/mol. The van der Waals surface area contributed by atoms with E-state index in [1.54, 1.807) is 47.4 Å². The number of amides is 10. The number of H-pyrrole nitrogens is 1. The molecule has 5 aliphatic rings. The predicted octanol–water partition coefficient (Wildman–Crippen LogP) is 3.18. The molecule has 0 bridgehead atoms. The maximum atomic E-state index is 15.1. The lowest BCUT2D eigenvalue weighted by Crippen LogP contribution is -2.62. The van der Waals surface area contributed by atoms with E-state index in [-0.39, 0.29) is 105 Å². The number of nitrogens with one attached hydrogen (secondary N) is 5. The average Bonchev–Trinajstić information content (AvgIpc) is 2.10. The lowest BCUT2D eigenvalue weighted by molar-refractivity contribution is -0.147. The largest absolute Gasteiger partial charge is 0.399 e. The smallest absolute Gasteiger partial charge is 0.370 e. The Morgan fingerprint density at radius 1 is 0.793 bits per heavy atom. The first kappa shape index (κ1) is 61.0. The molecule has 454 valence electrons. The highest BCUT2D eigenvalue weighted by molar-refractivity contribution is 7.52. The van der Waals surface area contributed by atoms with E-state index in [0.717, 1.165) is 35.4 Å². The number of hydrogen-bond donors (Lipinski definition) is 8. The Bertz CT molecular complexity index is 3650. The fourth-order valence-electron chi connectivity index (χ4n) is 12.0. The van der Waals surface area contributed by atoms with Gasteiger partial charge in [0.15, 0.2) is 0 Å². The van der Waals surface area contributed by atoms with Gasteiger partial charge in [-0.05, 0) is 92.0 Å². The van der Waals surface area contributed by atoms with E-state index < -0.39 is 115 Å². The molecular weight excluding hydrogens is 1150 g/mol. The first-order chi connectivity index (χ1) is 41.5. The summed E-state index contributed by atoms with van der Waals surface area (Å²) in [6.45, 7) is 0.137. The van der Waals surface area contributed by atoms with Gasteiger partial charge in [-0.2, -0.15) is 8.78 Å². The summed E-state index contributed by atoms with van der Waals surface area (Å²) < 4.78 is 41.3. The first-order valence-corrected chi connectivity index (χ1v) is 30.2. The van der Waals surface area contributed by atoms with Crippen LogP contribution in [-0.2, 0) is 55.1 Å². The molecule has 1 unspecified atom stereocenters. The molecule has 5 atom stereocenters. The number of halogens is 2. The number of hydrogen-bond acceptors (Lipinski definition) is 11. The normalized spacial score (nSPS) is 20.4. The summed E-state index contributed by atoms with van der Waals surface area (Å²) in [6, 6.07) is 20.8. The van der Waals surface area contributed by atoms with Gasteiger partial charge in [0, 0.05) is 85.1 Å². The summed E-state index contributed by atoms with van der Waals surface area (Å²) in [6.07, 6.45) is 0.611.